The quantitative estimate of drug-likeness (QED) is 0.526. The van der Waals surface area contributed by atoms with Gasteiger partial charge in [-0.05, 0) is 54.6 Å². The molecule has 2 heterocycles. The molecule has 5 rings (SSSR count). The van der Waals surface area contributed by atoms with Crippen molar-refractivity contribution in [1.29, 1.82) is 0 Å². The number of nitrogens with zero attached hydrogens (tertiary/aromatic N) is 3. The zero-order valence-corrected chi connectivity index (χ0v) is 16.4. The largest absolute Gasteiger partial charge is 0.362 e. The summed E-state index contributed by atoms with van der Waals surface area (Å²) in [5, 5.41) is 3.58. The van der Waals surface area contributed by atoms with Gasteiger partial charge in [-0.25, -0.2) is 4.98 Å². The fraction of sp³-hybridized carbons (Fsp3) is 0.130. The van der Waals surface area contributed by atoms with Crippen LogP contribution in [0.1, 0.15) is 16.2 Å². The lowest BCUT2D eigenvalue weighted by Crippen LogP contribution is -2.33. The van der Waals surface area contributed by atoms with Crippen LogP contribution in [0.5, 0.6) is 0 Å². The van der Waals surface area contributed by atoms with Gasteiger partial charge in [0, 0.05) is 35.1 Å². The predicted octanol–water partition coefficient (Wildman–Crippen LogP) is 4.96. The van der Waals surface area contributed by atoms with E-state index in [1.807, 2.05) is 24.3 Å². The van der Waals surface area contributed by atoms with Crippen LogP contribution < -0.4 is 10.2 Å². The highest BCUT2D eigenvalue weighted by Crippen LogP contribution is 2.26. The summed E-state index contributed by atoms with van der Waals surface area (Å²) in [7, 11) is 0. The van der Waals surface area contributed by atoms with Gasteiger partial charge in [0.15, 0.2) is 0 Å². The molecule has 144 valence electrons. The number of fused-ring (bicyclic) bond motifs is 3. The predicted molar refractivity (Wildman–Crippen MR) is 117 cm³/mol. The minimum Gasteiger partial charge on any atom is -0.362 e. The van der Waals surface area contributed by atoms with E-state index >= 15 is 0 Å². The van der Waals surface area contributed by atoms with Crippen molar-refractivity contribution < 1.29 is 4.79 Å². The Hall–Kier alpha value is -3.31. The highest BCUT2D eigenvalue weighted by Gasteiger charge is 2.20. The molecule has 0 spiro atoms. The van der Waals surface area contributed by atoms with E-state index in [9.17, 15) is 4.79 Å². The molecular weight excluding hydrogens is 384 g/mol. The summed E-state index contributed by atoms with van der Waals surface area (Å²) in [4.78, 5) is 19.6. The van der Waals surface area contributed by atoms with E-state index in [0.29, 0.717) is 10.6 Å². The van der Waals surface area contributed by atoms with Crippen LogP contribution in [0, 0.1) is 0 Å². The van der Waals surface area contributed by atoms with E-state index in [1.165, 1.54) is 5.52 Å². The number of carbonyl (C=O) groups is 1. The average Bonchev–Trinajstić information content (AvgIpc) is 3.12. The summed E-state index contributed by atoms with van der Waals surface area (Å²) >= 11 is 5.90. The van der Waals surface area contributed by atoms with Gasteiger partial charge in [-0.1, -0.05) is 29.8 Å². The van der Waals surface area contributed by atoms with Crippen molar-refractivity contribution >= 4 is 39.9 Å². The average molecular weight is 403 g/mol. The van der Waals surface area contributed by atoms with Crippen LogP contribution in [0.25, 0.3) is 11.0 Å². The zero-order valence-electron chi connectivity index (χ0n) is 15.7. The lowest BCUT2D eigenvalue weighted by atomic mass is 10.2. The molecule has 0 unspecified atom stereocenters. The second-order valence-corrected chi connectivity index (χ2v) is 7.54. The number of anilines is 2. The topological polar surface area (TPSA) is 50.2 Å². The maximum atomic E-state index is 12.5. The van der Waals surface area contributed by atoms with Gasteiger partial charge in [0.1, 0.15) is 5.82 Å². The Morgan fingerprint density at radius 2 is 1.79 bits per heavy atom. The minimum atomic E-state index is -0.153. The fourth-order valence-corrected chi connectivity index (χ4v) is 3.90. The van der Waals surface area contributed by atoms with Gasteiger partial charge in [0.2, 0.25) is 0 Å². The van der Waals surface area contributed by atoms with Crippen molar-refractivity contribution in [2.24, 2.45) is 0 Å². The number of hydrogen-bond donors (Lipinski definition) is 1. The number of hydrogen-bond acceptors (Lipinski definition) is 3. The number of nitrogens with one attached hydrogen (secondary N) is 1. The first-order valence-corrected chi connectivity index (χ1v) is 9.91. The van der Waals surface area contributed by atoms with E-state index in [4.69, 9.17) is 16.6 Å². The molecule has 6 heteroatoms. The number of para-hydroxylation sites is 2. The van der Waals surface area contributed by atoms with Gasteiger partial charge in [-0.3, -0.25) is 4.79 Å². The van der Waals surface area contributed by atoms with Crippen molar-refractivity contribution in [2.75, 3.05) is 16.8 Å². The first kappa shape index (κ1) is 17.8. The van der Waals surface area contributed by atoms with Crippen molar-refractivity contribution in [3.8, 4) is 0 Å². The number of carbonyl (C=O) groups excluding carboxylic acids is 1. The monoisotopic (exact) mass is 402 g/mol. The third-order valence-electron chi connectivity index (χ3n) is 5.23. The van der Waals surface area contributed by atoms with Crippen molar-refractivity contribution in [1.82, 2.24) is 9.55 Å². The molecule has 1 aliphatic rings. The summed E-state index contributed by atoms with van der Waals surface area (Å²) in [5.74, 6) is 0.910. The Labute approximate surface area is 173 Å². The van der Waals surface area contributed by atoms with Crippen molar-refractivity contribution in [3.63, 3.8) is 0 Å². The molecule has 1 amide bonds. The molecule has 0 fully saturated rings. The number of aromatic nitrogens is 2. The van der Waals surface area contributed by atoms with Crippen LogP contribution in [0.4, 0.5) is 11.4 Å². The molecule has 4 aromatic rings. The molecule has 0 saturated carbocycles. The van der Waals surface area contributed by atoms with Crippen LogP contribution in [-0.2, 0) is 13.1 Å². The van der Waals surface area contributed by atoms with Crippen LogP contribution in [-0.4, -0.2) is 22.0 Å². The van der Waals surface area contributed by atoms with E-state index < -0.39 is 0 Å². The molecule has 3 aromatic carbocycles. The van der Waals surface area contributed by atoms with Crippen molar-refractivity contribution in [2.45, 2.75) is 13.1 Å². The minimum absolute atomic E-state index is 0.153. The third-order valence-corrected chi connectivity index (χ3v) is 5.49. The number of rotatable bonds is 3. The maximum Gasteiger partial charge on any atom is 0.255 e. The molecular formula is C23H19ClN4O. The van der Waals surface area contributed by atoms with Gasteiger partial charge in [0.05, 0.1) is 17.6 Å². The van der Waals surface area contributed by atoms with E-state index in [-0.39, 0.29) is 5.91 Å². The Balaban J connectivity index is 1.36. The standard InChI is InChI=1S/C23H19ClN4O/c24-17-10-8-16(9-11-17)23(29)25-18-4-3-5-19(14-18)27-12-13-28-21-7-2-1-6-20(21)26-22(28)15-27/h1-11,14H,12-13,15H2,(H,25,29). The summed E-state index contributed by atoms with van der Waals surface area (Å²) in [6, 6.07) is 23.0. The Kier molecular flexibility index (Phi) is 4.45. The lowest BCUT2D eigenvalue weighted by Gasteiger charge is -2.30. The second-order valence-electron chi connectivity index (χ2n) is 7.10. The summed E-state index contributed by atoms with van der Waals surface area (Å²) < 4.78 is 2.29. The third kappa shape index (κ3) is 3.45. The van der Waals surface area contributed by atoms with Gasteiger partial charge in [-0.2, -0.15) is 0 Å². The smallest absolute Gasteiger partial charge is 0.255 e. The second kappa shape index (κ2) is 7.26. The summed E-state index contributed by atoms with van der Waals surface area (Å²) in [6.07, 6.45) is 0. The summed E-state index contributed by atoms with van der Waals surface area (Å²) in [6.45, 7) is 2.52. The van der Waals surface area contributed by atoms with Gasteiger partial charge < -0.3 is 14.8 Å². The molecule has 0 saturated heterocycles. The molecule has 1 aromatic heterocycles. The Bertz CT molecular complexity index is 1200. The molecule has 29 heavy (non-hydrogen) atoms. The number of imidazole rings is 1. The highest BCUT2D eigenvalue weighted by atomic mass is 35.5. The van der Waals surface area contributed by atoms with Gasteiger partial charge >= 0.3 is 0 Å². The summed E-state index contributed by atoms with van der Waals surface area (Å²) in [5.41, 5.74) is 4.63. The molecule has 0 atom stereocenters. The number of halogens is 1. The highest BCUT2D eigenvalue weighted by molar-refractivity contribution is 6.30. The van der Waals surface area contributed by atoms with Crippen LogP contribution in [0.15, 0.2) is 72.8 Å². The molecule has 0 bridgehead atoms. The Morgan fingerprint density at radius 1 is 0.966 bits per heavy atom. The first-order chi connectivity index (χ1) is 14.2. The first-order valence-electron chi connectivity index (χ1n) is 9.53. The van der Waals surface area contributed by atoms with E-state index in [0.717, 1.165) is 42.4 Å². The normalized spacial score (nSPS) is 13.3. The van der Waals surface area contributed by atoms with E-state index in [2.05, 4.69) is 39.0 Å². The number of amides is 1. The number of benzene rings is 3. The fourth-order valence-electron chi connectivity index (χ4n) is 3.77. The van der Waals surface area contributed by atoms with Gasteiger partial charge in [0.25, 0.3) is 5.91 Å². The molecule has 5 nitrogen and oxygen atoms in total. The molecule has 0 aliphatic carbocycles. The van der Waals surface area contributed by atoms with Crippen LogP contribution in [0.2, 0.25) is 5.02 Å². The lowest BCUT2D eigenvalue weighted by molar-refractivity contribution is 0.102. The maximum absolute atomic E-state index is 12.5. The Morgan fingerprint density at radius 3 is 2.66 bits per heavy atom. The zero-order chi connectivity index (χ0) is 19.8. The molecule has 1 N–H and O–H groups in total. The SMILES string of the molecule is O=C(Nc1cccc(N2CCn3c(nc4ccccc43)C2)c1)c1ccc(Cl)cc1. The molecule has 0 radical (unpaired) electrons. The van der Waals surface area contributed by atoms with Crippen LogP contribution in [0.3, 0.4) is 0 Å². The van der Waals surface area contributed by atoms with Crippen LogP contribution >= 0.6 is 11.6 Å². The van der Waals surface area contributed by atoms with Gasteiger partial charge in [-0.15, -0.1) is 0 Å². The molecule has 1 aliphatic heterocycles. The van der Waals surface area contributed by atoms with Crippen molar-refractivity contribution in [3.05, 3.63) is 89.2 Å². The van der Waals surface area contributed by atoms with E-state index in [1.54, 1.807) is 24.3 Å².